The van der Waals surface area contributed by atoms with Gasteiger partial charge in [0, 0.05) is 6.20 Å². The fourth-order valence-electron chi connectivity index (χ4n) is 2.84. The smallest absolute Gasteiger partial charge is 0.274 e. The molecule has 24 heavy (non-hydrogen) atoms. The Hall–Kier alpha value is -2.82. The lowest BCUT2D eigenvalue weighted by Gasteiger charge is -2.11. The molecule has 0 aliphatic carbocycles. The van der Waals surface area contributed by atoms with Crippen molar-refractivity contribution in [3.63, 3.8) is 0 Å². The molecule has 0 radical (unpaired) electrons. The number of amides is 1. The molecule has 0 fully saturated rings. The third-order valence-corrected chi connectivity index (χ3v) is 4.07. The average Bonchev–Trinajstić information content (AvgIpc) is 2.95. The normalized spacial score (nSPS) is 10.8. The number of ether oxygens (including phenoxy) is 1. The number of methoxy groups -OCH3 is 1. The highest BCUT2D eigenvalue weighted by Gasteiger charge is 2.20. The molecule has 0 unspecified atom stereocenters. The number of fused-ring (bicyclic) bond motifs is 1. The van der Waals surface area contributed by atoms with Crippen LogP contribution in [0.1, 0.15) is 34.2 Å². The topological polar surface area (TPSA) is 55.6 Å². The number of hydrogen-bond donors (Lipinski definition) is 1. The maximum atomic E-state index is 12.9. The van der Waals surface area contributed by atoms with Gasteiger partial charge in [-0.15, -0.1) is 0 Å². The molecule has 5 nitrogen and oxygen atoms in total. The fourth-order valence-corrected chi connectivity index (χ4v) is 2.84. The Morgan fingerprint density at radius 1 is 1.29 bits per heavy atom. The highest BCUT2D eigenvalue weighted by Crippen LogP contribution is 2.26. The summed E-state index contributed by atoms with van der Waals surface area (Å²) in [4.78, 5) is 17.6. The summed E-state index contributed by atoms with van der Waals surface area (Å²) in [6.45, 7) is 5.97. The van der Waals surface area contributed by atoms with Gasteiger partial charge in [-0.1, -0.05) is 19.1 Å². The maximum Gasteiger partial charge on any atom is 0.274 e. The molecule has 0 bridgehead atoms. The van der Waals surface area contributed by atoms with Crippen LogP contribution in [0, 0.1) is 13.8 Å². The Morgan fingerprint density at radius 3 is 2.79 bits per heavy atom. The van der Waals surface area contributed by atoms with Crippen molar-refractivity contribution in [3.05, 3.63) is 59.0 Å². The zero-order valence-corrected chi connectivity index (χ0v) is 14.4. The molecule has 0 spiro atoms. The lowest BCUT2D eigenvalue weighted by Crippen LogP contribution is -2.17. The van der Waals surface area contributed by atoms with Gasteiger partial charge in [0.1, 0.15) is 17.1 Å². The molecule has 0 saturated heterocycles. The minimum Gasteiger partial charge on any atom is -0.495 e. The van der Waals surface area contributed by atoms with Crippen LogP contribution in [0.2, 0.25) is 0 Å². The van der Waals surface area contributed by atoms with E-state index in [4.69, 9.17) is 4.74 Å². The molecular formula is C19H21N3O2. The summed E-state index contributed by atoms with van der Waals surface area (Å²) in [6, 6.07) is 9.62. The van der Waals surface area contributed by atoms with Crippen LogP contribution in [-0.4, -0.2) is 22.4 Å². The summed E-state index contributed by atoms with van der Waals surface area (Å²) < 4.78 is 7.20. The largest absolute Gasteiger partial charge is 0.495 e. The molecule has 1 N–H and O–H groups in total. The van der Waals surface area contributed by atoms with Crippen molar-refractivity contribution in [2.75, 3.05) is 12.4 Å². The Balaban J connectivity index is 2.06. The first kappa shape index (κ1) is 16.1. The predicted molar refractivity (Wildman–Crippen MR) is 95.0 cm³/mol. The second kappa shape index (κ2) is 6.35. The first-order valence-corrected chi connectivity index (χ1v) is 7.97. The zero-order chi connectivity index (χ0) is 17.3. The quantitative estimate of drug-likeness (QED) is 0.795. The van der Waals surface area contributed by atoms with Gasteiger partial charge >= 0.3 is 0 Å². The van der Waals surface area contributed by atoms with E-state index in [1.165, 1.54) is 0 Å². The summed E-state index contributed by atoms with van der Waals surface area (Å²) in [5.74, 6) is 0.450. The summed E-state index contributed by atoms with van der Waals surface area (Å²) in [5, 5.41) is 2.97. The van der Waals surface area contributed by atoms with E-state index in [0.717, 1.165) is 22.5 Å². The minimum atomic E-state index is -0.186. The van der Waals surface area contributed by atoms with Gasteiger partial charge in [-0.3, -0.25) is 9.20 Å². The van der Waals surface area contributed by atoms with Gasteiger partial charge in [-0.2, -0.15) is 0 Å². The van der Waals surface area contributed by atoms with E-state index in [1.807, 2.05) is 61.7 Å². The second-order valence-electron chi connectivity index (χ2n) is 5.80. The summed E-state index contributed by atoms with van der Waals surface area (Å²) in [6.07, 6.45) is 2.56. The maximum absolute atomic E-state index is 12.9. The van der Waals surface area contributed by atoms with E-state index in [1.54, 1.807) is 7.11 Å². The molecule has 0 aliphatic heterocycles. The van der Waals surface area contributed by atoms with Crippen molar-refractivity contribution < 1.29 is 9.53 Å². The molecule has 5 heteroatoms. The van der Waals surface area contributed by atoms with Crippen LogP contribution in [-0.2, 0) is 6.42 Å². The summed E-state index contributed by atoms with van der Waals surface area (Å²) in [7, 11) is 1.59. The molecule has 2 heterocycles. The van der Waals surface area contributed by atoms with Crippen molar-refractivity contribution in [1.29, 1.82) is 0 Å². The van der Waals surface area contributed by atoms with E-state index in [2.05, 4.69) is 10.3 Å². The van der Waals surface area contributed by atoms with Gasteiger partial charge in [-0.25, -0.2) is 4.98 Å². The van der Waals surface area contributed by atoms with Gasteiger partial charge in [0.2, 0.25) is 0 Å². The van der Waals surface area contributed by atoms with Gasteiger partial charge in [0.15, 0.2) is 0 Å². The lowest BCUT2D eigenvalue weighted by molar-refractivity contribution is 0.102. The third kappa shape index (κ3) is 2.73. The molecule has 1 aromatic carbocycles. The fraction of sp³-hybridized carbons (Fsp3) is 0.263. The number of nitrogens with one attached hydrogen (secondary N) is 1. The second-order valence-corrected chi connectivity index (χ2v) is 5.80. The number of carbonyl (C=O) groups is 1. The van der Waals surface area contributed by atoms with Crippen LogP contribution >= 0.6 is 0 Å². The van der Waals surface area contributed by atoms with Crippen molar-refractivity contribution in [3.8, 4) is 5.75 Å². The van der Waals surface area contributed by atoms with Gasteiger partial charge in [-0.05, 0) is 49.6 Å². The molecule has 0 aliphatic rings. The highest BCUT2D eigenvalue weighted by atomic mass is 16.5. The minimum absolute atomic E-state index is 0.186. The number of nitrogens with zero attached hydrogens (tertiary/aromatic N) is 2. The van der Waals surface area contributed by atoms with Crippen molar-refractivity contribution >= 4 is 17.2 Å². The van der Waals surface area contributed by atoms with Crippen LogP contribution in [0.25, 0.3) is 5.65 Å². The van der Waals surface area contributed by atoms with Crippen molar-refractivity contribution in [2.24, 2.45) is 0 Å². The molecule has 1 amide bonds. The lowest BCUT2D eigenvalue weighted by atomic mass is 10.2. The van der Waals surface area contributed by atoms with Gasteiger partial charge in [0.25, 0.3) is 5.91 Å². The standard InChI is InChI=1S/C19H21N3O2/c1-5-14-17(22-10-6-7-13(3)18(22)20-14)19(23)21-15-11-12(2)8-9-16(15)24-4/h6-11H,5H2,1-4H3,(H,21,23). The Kier molecular flexibility index (Phi) is 4.25. The molecule has 3 aromatic rings. The highest BCUT2D eigenvalue weighted by molar-refractivity contribution is 6.05. The van der Waals surface area contributed by atoms with Crippen molar-refractivity contribution in [1.82, 2.24) is 9.38 Å². The number of imidazole rings is 1. The number of rotatable bonds is 4. The van der Waals surface area contributed by atoms with E-state index < -0.39 is 0 Å². The van der Waals surface area contributed by atoms with Crippen LogP contribution < -0.4 is 10.1 Å². The Bertz CT molecular complexity index is 912. The number of aromatic nitrogens is 2. The van der Waals surface area contributed by atoms with E-state index in [-0.39, 0.29) is 5.91 Å². The number of carbonyl (C=O) groups excluding carboxylic acids is 1. The number of hydrogen-bond acceptors (Lipinski definition) is 3. The van der Waals surface area contributed by atoms with E-state index in [0.29, 0.717) is 23.6 Å². The van der Waals surface area contributed by atoms with E-state index in [9.17, 15) is 4.79 Å². The molecule has 0 atom stereocenters. The first-order valence-electron chi connectivity index (χ1n) is 7.97. The number of benzene rings is 1. The monoisotopic (exact) mass is 323 g/mol. The number of pyridine rings is 1. The van der Waals surface area contributed by atoms with Crippen molar-refractivity contribution in [2.45, 2.75) is 27.2 Å². The summed E-state index contributed by atoms with van der Waals surface area (Å²) in [5.41, 5.74) is 4.92. The molecule has 124 valence electrons. The molecule has 3 rings (SSSR count). The molecule has 0 saturated carbocycles. The summed E-state index contributed by atoms with van der Waals surface area (Å²) >= 11 is 0. The Labute approximate surface area is 141 Å². The first-order chi connectivity index (χ1) is 11.5. The van der Waals surface area contributed by atoms with E-state index >= 15 is 0 Å². The third-order valence-electron chi connectivity index (χ3n) is 4.07. The number of aryl methyl sites for hydroxylation is 3. The Morgan fingerprint density at radius 2 is 2.08 bits per heavy atom. The molecule has 2 aromatic heterocycles. The SMILES string of the molecule is CCc1nc2c(C)cccn2c1C(=O)Nc1cc(C)ccc1OC. The zero-order valence-electron chi connectivity index (χ0n) is 14.4. The predicted octanol–water partition coefficient (Wildman–Crippen LogP) is 3.77. The average molecular weight is 323 g/mol. The molecular weight excluding hydrogens is 302 g/mol. The van der Waals surface area contributed by atoms with Gasteiger partial charge < -0.3 is 10.1 Å². The van der Waals surface area contributed by atoms with Crippen LogP contribution in [0.5, 0.6) is 5.75 Å². The van der Waals surface area contributed by atoms with Gasteiger partial charge in [0.05, 0.1) is 18.5 Å². The van der Waals surface area contributed by atoms with Crippen LogP contribution in [0.4, 0.5) is 5.69 Å². The van der Waals surface area contributed by atoms with Crippen LogP contribution in [0.15, 0.2) is 36.5 Å². The number of anilines is 1. The van der Waals surface area contributed by atoms with Crippen LogP contribution in [0.3, 0.4) is 0 Å².